The number of aromatic nitrogens is 2. The molecule has 4 rings (SSSR count). The van der Waals surface area contributed by atoms with Crippen molar-refractivity contribution in [2.24, 2.45) is 5.92 Å². The van der Waals surface area contributed by atoms with Crippen molar-refractivity contribution in [2.45, 2.75) is 25.8 Å². The molecule has 0 radical (unpaired) electrons. The first-order valence-corrected chi connectivity index (χ1v) is 9.06. The monoisotopic (exact) mass is 390 g/mol. The van der Waals surface area contributed by atoms with Gasteiger partial charge in [-0.25, -0.2) is 4.98 Å². The average molecular weight is 391 g/mol. The minimum Gasteiger partial charge on any atom is -0.448 e. The molecule has 0 spiro atoms. The van der Waals surface area contributed by atoms with Crippen LogP contribution in [0.1, 0.15) is 19.3 Å². The van der Waals surface area contributed by atoms with Crippen LogP contribution >= 0.6 is 12.4 Å². The lowest BCUT2D eigenvalue weighted by molar-refractivity contribution is -0.121. The molecule has 27 heavy (non-hydrogen) atoms. The third-order valence-corrected chi connectivity index (χ3v) is 4.94. The Kier molecular flexibility index (Phi) is 6.13. The van der Waals surface area contributed by atoms with Crippen molar-refractivity contribution >= 4 is 40.4 Å². The number of hydrogen-bond acceptors (Lipinski definition) is 5. The quantitative estimate of drug-likeness (QED) is 0.696. The number of nitrogens with one attached hydrogen (secondary N) is 2. The van der Waals surface area contributed by atoms with E-state index < -0.39 is 0 Å². The highest BCUT2D eigenvalue weighted by Crippen LogP contribution is 2.23. The molecule has 1 saturated heterocycles. The Morgan fingerprint density at radius 1 is 1.37 bits per heavy atom. The summed E-state index contributed by atoms with van der Waals surface area (Å²) in [6.07, 6.45) is 4.76. The molecule has 1 atom stereocenters. The molecule has 0 saturated carbocycles. The zero-order chi connectivity index (χ0) is 17.9. The molecule has 3 aromatic rings. The van der Waals surface area contributed by atoms with Gasteiger partial charge >= 0.3 is 0 Å². The minimum atomic E-state index is -0.335. The van der Waals surface area contributed by atoms with E-state index in [1.807, 2.05) is 18.2 Å². The van der Waals surface area contributed by atoms with E-state index in [4.69, 9.17) is 4.42 Å². The Balaban J connectivity index is 0.00000210. The number of hydrogen-bond donors (Lipinski definition) is 2. The molecule has 3 heterocycles. The second-order valence-electron chi connectivity index (χ2n) is 6.80. The van der Waals surface area contributed by atoms with Crippen molar-refractivity contribution in [3.05, 3.63) is 40.9 Å². The zero-order valence-corrected chi connectivity index (χ0v) is 15.8. The van der Waals surface area contributed by atoms with E-state index in [1.165, 1.54) is 23.7 Å². The third-order valence-electron chi connectivity index (χ3n) is 4.94. The first-order valence-electron chi connectivity index (χ1n) is 9.06. The lowest BCUT2D eigenvalue weighted by atomic mass is 9.96. The first kappa shape index (κ1) is 19.4. The summed E-state index contributed by atoms with van der Waals surface area (Å²) in [6, 6.07) is 7.39. The molecular weight excluding hydrogens is 368 g/mol. The van der Waals surface area contributed by atoms with Crippen molar-refractivity contribution in [3.8, 4) is 0 Å². The van der Waals surface area contributed by atoms with Crippen LogP contribution in [-0.2, 0) is 11.3 Å². The topological polar surface area (TPSA) is 89.2 Å². The van der Waals surface area contributed by atoms with Gasteiger partial charge in [0.2, 0.25) is 11.5 Å². The number of para-hydroxylation sites is 1. The van der Waals surface area contributed by atoms with E-state index >= 15 is 0 Å². The van der Waals surface area contributed by atoms with Gasteiger partial charge in [0, 0.05) is 11.9 Å². The molecule has 2 N–H and O–H groups in total. The number of nitrogens with zero attached hydrogens (tertiary/aromatic N) is 2. The second kappa shape index (κ2) is 8.54. The van der Waals surface area contributed by atoms with Crippen LogP contribution in [0.4, 0.5) is 0 Å². The van der Waals surface area contributed by atoms with E-state index in [9.17, 15) is 9.59 Å². The number of benzene rings is 1. The van der Waals surface area contributed by atoms with Crippen LogP contribution in [0.5, 0.6) is 0 Å². The molecule has 7 nitrogen and oxygen atoms in total. The van der Waals surface area contributed by atoms with Gasteiger partial charge in [0.15, 0.2) is 0 Å². The lowest BCUT2D eigenvalue weighted by Crippen LogP contribution is -2.35. The number of piperidine rings is 1. The number of halogens is 1. The average Bonchev–Trinajstić information content (AvgIpc) is 3.04. The second-order valence-corrected chi connectivity index (χ2v) is 6.80. The molecule has 8 heteroatoms. The van der Waals surface area contributed by atoms with Crippen LogP contribution < -0.4 is 16.2 Å². The minimum absolute atomic E-state index is 0. The summed E-state index contributed by atoms with van der Waals surface area (Å²) in [5.41, 5.74) is 1.01. The van der Waals surface area contributed by atoms with E-state index in [-0.39, 0.29) is 36.0 Å². The van der Waals surface area contributed by atoms with Gasteiger partial charge < -0.3 is 15.1 Å². The van der Waals surface area contributed by atoms with Crippen LogP contribution in [0.15, 0.2) is 39.8 Å². The van der Waals surface area contributed by atoms with Gasteiger partial charge in [-0.3, -0.25) is 14.2 Å². The van der Waals surface area contributed by atoms with E-state index in [0.717, 1.165) is 24.9 Å². The number of rotatable bonds is 5. The molecule has 1 unspecified atom stereocenters. The van der Waals surface area contributed by atoms with E-state index in [0.29, 0.717) is 23.6 Å². The summed E-state index contributed by atoms with van der Waals surface area (Å²) >= 11 is 0. The van der Waals surface area contributed by atoms with Gasteiger partial charge in [-0.15, -0.1) is 12.4 Å². The Morgan fingerprint density at radius 2 is 2.22 bits per heavy atom. The number of carbonyl (C=O) groups excluding carboxylic acids is 1. The maximum Gasteiger partial charge on any atom is 0.297 e. The fourth-order valence-electron chi connectivity index (χ4n) is 3.52. The summed E-state index contributed by atoms with van der Waals surface area (Å²) in [5, 5.41) is 7.07. The van der Waals surface area contributed by atoms with Crippen LogP contribution in [0.2, 0.25) is 0 Å². The summed E-state index contributed by atoms with van der Waals surface area (Å²) < 4.78 is 6.93. The molecule has 0 aliphatic carbocycles. The lowest BCUT2D eigenvalue weighted by Gasteiger charge is -2.22. The summed E-state index contributed by atoms with van der Waals surface area (Å²) in [7, 11) is 0. The van der Waals surface area contributed by atoms with Crippen molar-refractivity contribution in [3.63, 3.8) is 0 Å². The van der Waals surface area contributed by atoms with Crippen LogP contribution in [-0.4, -0.2) is 35.1 Å². The van der Waals surface area contributed by atoms with Crippen LogP contribution in [0.25, 0.3) is 22.1 Å². The molecule has 144 valence electrons. The van der Waals surface area contributed by atoms with Gasteiger partial charge in [-0.1, -0.05) is 12.1 Å². The molecule has 1 aliphatic rings. The predicted molar refractivity (Wildman–Crippen MR) is 106 cm³/mol. The molecule has 0 bridgehead atoms. The Bertz CT molecular complexity index is 991. The predicted octanol–water partition coefficient (Wildman–Crippen LogP) is 2.07. The number of amides is 1. The summed E-state index contributed by atoms with van der Waals surface area (Å²) in [6.45, 7) is 2.67. The molecule has 1 aromatic carbocycles. The van der Waals surface area contributed by atoms with Gasteiger partial charge in [0.05, 0.1) is 6.33 Å². The third kappa shape index (κ3) is 4.14. The van der Waals surface area contributed by atoms with E-state index in [1.54, 1.807) is 6.07 Å². The molecule has 1 aliphatic heterocycles. The summed E-state index contributed by atoms with van der Waals surface area (Å²) in [4.78, 5) is 29.1. The van der Waals surface area contributed by atoms with E-state index in [2.05, 4.69) is 15.6 Å². The largest absolute Gasteiger partial charge is 0.448 e. The van der Waals surface area contributed by atoms with Crippen LogP contribution in [0, 0.1) is 5.92 Å². The highest BCUT2D eigenvalue weighted by molar-refractivity contribution is 6.01. The molecular formula is C19H23ClN4O3. The number of fused-ring (bicyclic) bond motifs is 3. The fourth-order valence-corrected chi connectivity index (χ4v) is 3.52. The Morgan fingerprint density at radius 3 is 3.04 bits per heavy atom. The van der Waals surface area contributed by atoms with Gasteiger partial charge in [-0.05, 0) is 50.4 Å². The van der Waals surface area contributed by atoms with Gasteiger partial charge in [0.1, 0.15) is 17.6 Å². The maximum atomic E-state index is 12.6. The van der Waals surface area contributed by atoms with Gasteiger partial charge in [0.25, 0.3) is 5.56 Å². The molecule has 2 aromatic heterocycles. The van der Waals surface area contributed by atoms with Crippen molar-refractivity contribution in [1.29, 1.82) is 0 Å². The highest BCUT2D eigenvalue weighted by atomic mass is 35.5. The number of carbonyl (C=O) groups is 1. The first-order chi connectivity index (χ1) is 12.7. The SMILES string of the molecule is Cl.O=C(Cn1cnc2c(oc3ccccc32)c1=O)NCCC1CCCNC1. The molecule has 1 fully saturated rings. The summed E-state index contributed by atoms with van der Waals surface area (Å²) in [5.74, 6) is 0.425. The Hall–Kier alpha value is -2.38. The maximum absolute atomic E-state index is 12.6. The van der Waals surface area contributed by atoms with Crippen molar-refractivity contribution < 1.29 is 9.21 Å². The Labute approximate surface area is 162 Å². The van der Waals surface area contributed by atoms with Crippen molar-refractivity contribution in [2.75, 3.05) is 19.6 Å². The smallest absolute Gasteiger partial charge is 0.297 e. The zero-order valence-electron chi connectivity index (χ0n) is 14.9. The van der Waals surface area contributed by atoms with Crippen LogP contribution in [0.3, 0.4) is 0 Å². The standard InChI is InChI=1S/C19H22N4O3.ClH/c24-16(21-9-7-13-4-3-8-20-10-13)11-23-12-22-17-14-5-1-2-6-15(14)26-18(17)19(23)25;/h1-2,5-6,12-13,20H,3-4,7-11H2,(H,21,24);1H. The fraction of sp³-hybridized carbons (Fsp3) is 0.421. The number of furan rings is 1. The van der Waals surface area contributed by atoms with Gasteiger partial charge in [-0.2, -0.15) is 0 Å². The molecule has 1 amide bonds. The normalized spacial score (nSPS) is 17.0. The van der Waals surface area contributed by atoms with Crippen molar-refractivity contribution in [1.82, 2.24) is 20.2 Å². The highest BCUT2D eigenvalue weighted by Gasteiger charge is 2.15.